The third-order valence-electron chi connectivity index (χ3n) is 6.11. The van der Waals surface area contributed by atoms with Crippen LogP contribution < -0.4 is 18.9 Å². The zero-order valence-corrected chi connectivity index (χ0v) is 20.2. The molecule has 0 amide bonds. The first kappa shape index (κ1) is 23.4. The summed E-state index contributed by atoms with van der Waals surface area (Å²) >= 11 is 0. The number of ether oxygens (including phenoxy) is 4. The summed E-state index contributed by atoms with van der Waals surface area (Å²) in [6.45, 7) is 5.69. The minimum atomic E-state index is 0.202. The standard InChI is InChI=1S/C29H26N2O5/c1-19-12-23(16-32)28(36-18-24-15-30-8-9-31-24)14-27(19)35-17-22-4-3-5-25(20(22)2)21-6-7-26-29(13-21)34-11-10-33-26/h3-9,12-16H,10-11,17-18H2,1-2H3. The van der Waals surface area contributed by atoms with Gasteiger partial charge in [-0.1, -0.05) is 24.3 Å². The van der Waals surface area contributed by atoms with E-state index >= 15 is 0 Å². The van der Waals surface area contributed by atoms with Crippen molar-refractivity contribution in [3.8, 4) is 34.1 Å². The number of nitrogens with zero attached hydrogens (tertiary/aromatic N) is 2. The molecule has 0 spiro atoms. The van der Waals surface area contributed by atoms with Crippen LogP contribution >= 0.6 is 0 Å². The second kappa shape index (κ2) is 10.5. The highest BCUT2D eigenvalue weighted by molar-refractivity contribution is 5.80. The van der Waals surface area contributed by atoms with E-state index in [1.165, 1.54) is 0 Å². The van der Waals surface area contributed by atoms with Crippen LogP contribution in [0.15, 0.2) is 67.1 Å². The van der Waals surface area contributed by atoms with Crippen LogP contribution in [0.25, 0.3) is 11.1 Å². The summed E-state index contributed by atoms with van der Waals surface area (Å²) in [5, 5.41) is 0. The maximum atomic E-state index is 11.6. The predicted molar refractivity (Wildman–Crippen MR) is 135 cm³/mol. The Morgan fingerprint density at radius 3 is 2.56 bits per heavy atom. The van der Waals surface area contributed by atoms with Gasteiger partial charge in [-0.15, -0.1) is 0 Å². The van der Waals surface area contributed by atoms with Gasteiger partial charge in [-0.3, -0.25) is 14.8 Å². The summed E-state index contributed by atoms with van der Waals surface area (Å²) in [6.07, 6.45) is 5.61. The van der Waals surface area contributed by atoms with Crippen LogP contribution in [0.4, 0.5) is 0 Å². The molecule has 0 fully saturated rings. The van der Waals surface area contributed by atoms with Crippen LogP contribution in [0.5, 0.6) is 23.0 Å². The molecule has 0 radical (unpaired) electrons. The van der Waals surface area contributed by atoms with Crippen molar-refractivity contribution in [1.82, 2.24) is 9.97 Å². The number of aldehydes is 1. The molecular formula is C29H26N2O5. The molecule has 1 aliphatic heterocycles. The lowest BCUT2D eigenvalue weighted by atomic mass is 9.96. The second-order valence-electron chi connectivity index (χ2n) is 8.50. The van der Waals surface area contributed by atoms with Crippen molar-refractivity contribution in [2.75, 3.05) is 13.2 Å². The van der Waals surface area contributed by atoms with Gasteiger partial charge in [0, 0.05) is 18.5 Å². The van der Waals surface area contributed by atoms with E-state index in [2.05, 4.69) is 29.0 Å². The molecule has 36 heavy (non-hydrogen) atoms. The molecular weight excluding hydrogens is 456 g/mol. The summed E-state index contributed by atoms with van der Waals surface area (Å²) in [4.78, 5) is 19.9. The van der Waals surface area contributed by atoms with Gasteiger partial charge < -0.3 is 18.9 Å². The normalized spacial score (nSPS) is 12.2. The zero-order chi connectivity index (χ0) is 24.9. The highest BCUT2D eigenvalue weighted by Crippen LogP contribution is 2.36. The first-order valence-electron chi connectivity index (χ1n) is 11.7. The molecule has 7 nitrogen and oxygen atoms in total. The molecule has 5 rings (SSSR count). The molecule has 0 unspecified atom stereocenters. The largest absolute Gasteiger partial charge is 0.488 e. The minimum absolute atomic E-state index is 0.202. The fraction of sp³-hybridized carbons (Fsp3) is 0.207. The third kappa shape index (κ3) is 5.00. The lowest BCUT2D eigenvalue weighted by Gasteiger charge is -2.20. The van der Waals surface area contributed by atoms with Crippen molar-refractivity contribution >= 4 is 6.29 Å². The van der Waals surface area contributed by atoms with Gasteiger partial charge in [0.2, 0.25) is 0 Å². The fourth-order valence-electron chi connectivity index (χ4n) is 4.14. The van der Waals surface area contributed by atoms with Crippen LogP contribution in [-0.2, 0) is 13.2 Å². The average molecular weight is 483 g/mol. The van der Waals surface area contributed by atoms with Gasteiger partial charge in [0.1, 0.15) is 37.9 Å². The number of aryl methyl sites for hydroxylation is 1. The number of carbonyl (C=O) groups excluding carboxylic acids is 1. The molecule has 0 saturated heterocycles. The maximum Gasteiger partial charge on any atom is 0.161 e. The van der Waals surface area contributed by atoms with Crippen LogP contribution in [0.1, 0.15) is 32.7 Å². The Labute approximate surface area is 209 Å². The van der Waals surface area contributed by atoms with Gasteiger partial charge in [0.15, 0.2) is 17.8 Å². The van der Waals surface area contributed by atoms with Crippen LogP contribution in [0.2, 0.25) is 0 Å². The topological polar surface area (TPSA) is 79.8 Å². The number of hydrogen-bond donors (Lipinski definition) is 0. The maximum absolute atomic E-state index is 11.6. The first-order chi connectivity index (χ1) is 17.6. The highest BCUT2D eigenvalue weighted by atomic mass is 16.6. The number of hydrogen-bond acceptors (Lipinski definition) is 7. The van der Waals surface area contributed by atoms with Crippen molar-refractivity contribution in [2.24, 2.45) is 0 Å². The van der Waals surface area contributed by atoms with Gasteiger partial charge in [-0.05, 0) is 59.9 Å². The van der Waals surface area contributed by atoms with Crippen molar-refractivity contribution in [1.29, 1.82) is 0 Å². The predicted octanol–water partition coefficient (Wildman–Crippen LogP) is 5.50. The molecule has 4 aromatic rings. The number of benzene rings is 3. The summed E-state index contributed by atoms with van der Waals surface area (Å²) in [5.41, 5.74) is 6.33. The summed E-state index contributed by atoms with van der Waals surface area (Å²) < 4.78 is 23.5. The van der Waals surface area contributed by atoms with E-state index in [0.29, 0.717) is 42.6 Å². The number of carbonyl (C=O) groups is 1. The molecule has 0 atom stereocenters. The molecule has 0 bridgehead atoms. The Balaban J connectivity index is 1.35. The smallest absolute Gasteiger partial charge is 0.161 e. The third-order valence-corrected chi connectivity index (χ3v) is 6.11. The molecule has 0 aliphatic carbocycles. The Bertz CT molecular complexity index is 1390. The first-order valence-corrected chi connectivity index (χ1v) is 11.7. The summed E-state index contributed by atoms with van der Waals surface area (Å²) in [6, 6.07) is 15.7. The Hall–Kier alpha value is -4.39. The monoisotopic (exact) mass is 482 g/mol. The fourth-order valence-corrected chi connectivity index (χ4v) is 4.14. The van der Waals surface area contributed by atoms with Gasteiger partial charge in [0.05, 0.1) is 17.5 Å². The van der Waals surface area contributed by atoms with Crippen molar-refractivity contribution in [3.05, 3.63) is 95.1 Å². The SMILES string of the molecule is Cc1cc(C=O)c(OCc2cnccn2)cc1OCc1cccc(-c2ccc3c(c2)OCCO3)c1C. The van der Waals surface area contributed by atoms with E-state index < -0.39 is 0 Å². The molecule has 1 aliphatic rings. The van der Waals surface area contributed by atoms with Crippen LogP contribution in [-0.4, -0.2) is 29.5 Å². The van der Waals surface area contributed by atoms with E-state index in [9.17, 15) is 4.79 Å². The molecule has 182 valence electrons. The van der Waals surface area contributed by atoms with Gasteiger partial charge in [0.25, 0.3) is 0 Å². The lowest BCUT2D eigenvalue weighted by molar-refractivity contribution is 0.111. The van der Waals surface area contributed by atoms with E-state index in [1.807, 2.05) is 31.2 Å². The number of fused-ring (bicyclic) bond motifs is 1. The lowest BCUT2D eigenvalue weighted by Crippen LogP contribution is -2.15. The molecule has 3 aromatic carbocycles. The summed E-state index contributed by atoms with van der Waals surface area (Å²) in [7, 11) is 0. The molecule has 7 heteroatoms. The van der Waals surface area contributed by atoms with E-state index in [1.54, 1.807) is 30.7 Å². The van der Waals surface area contributed by atoms with Crippen LogP contribution in [0.3, 0.4) is 0 Å². The molecule has 0 saturated carbocycles. The number of aromatic nitrogens is 2. The van der Waals surface area contributed by atoms with Crippen molar-refractivity contribution < 1.29 is 23.7 Å². The van der Waals surface area contributed by atoms with E-state index in [-0.39, 0.29) is 6.61 Å². The van der Waals surface area contributed by atoms with Crippen molar-refractivity contribution in [3.63, 3.8) is 0 Å². The quantitative estimate of drug-likeness (QED) is 0.307. The second-order valence-corrected chi connectivity index (χ2v) is 8.50. The Morgan fingerprint density at radius 2 is 1.75 bits per heavy atom. The van der Waals surface area contributed by atoms with Gasteiger partial charge in [-0.2, -0.15) is 0 Å². The highest BCUT2D eigenvalue weighted by Gasteiger charge is 2.15. The summed E-state index contributed by atoms with van der Waals surface area (Å²) in [5.74, 6) is 2.63. The molecule has 2 heterocycles. The average Bonchev–Trinajstić information content (AvgIpc) is 2.92. The zero-order valence-electron chi connectivity index (χ0n) is 20.2. The Morgan fingerprint density at radius 1 is 0.917 bits per heavy atom. The molecule has 1 aromatic heterocycles. The van der Waals surface area contributed by atoms with Crippen LogP contribution in [0, 0.1) is 13.8 Å². The Kier molecular flexibility index (Phi) is 6.80. The number of rotatable bonds is 8. The van der Waals surface area contributed by atoms with Gasteiger partial charge >= 0.3 is 0 Å². The van der Waals surface area contributed by atoms with E-state index in [0.717, 1.165) is 45.6 Å². The minimum Gasteiger partial charge on any atom is -0.488 e. The molecule has 0 N–H and O–H groups in total. The van der Waals surface area contributed by atoms with Gasteiger partial charge in [-0.25, -0.2) is 0 Å². The van der Waals surface area contributed by atoms with E-state index in [4.69, 9.17) is 18.9 Å². The van der Waals surface area contributed by atoms with Crippen molar-refractivity contribution in [2.45, 2.75) is 27.1 Å².